The van der Waals surface area contributed by atoms with E-state index in [0.717, 1.165) is 31.2 Å². The highest BCUT2D eigenvalue weighted by Crippen LogP contribution is 2.28. The van der Waals surface area contributed by atoms with E-state index in [-0.39, 0.29) is 11.9 Å². The molecule has 1 unspecified atom stereocenters. The number of benzene rings is 1. The third-order valence-corrected chi connectivity index (χ3v) is 4.15. The maximum absolute atomic E-state index is 12.3. The van der Waals surface area contributed by atoms with Crippen LogP contribution in [-0.2, 0) is 4.79 Å². The maximum atomic E-state index is 12.3. The van der Waals surface area contributed by atoms with Crippen molar-refractivity contribution in [1.82, 2.24) is 15.5 Å². The second kappa shape index (κ2) is 5.88. The van der Waals surface area contributed by atoms with Crippen molar-refractivity contribution < 1.29 is 9.32 Å². The molecule has 116 valence electrons. The number of hydrogen-bond acceptors (Lipinski definition) is 5. The van der Waals surface area contributed by atoms with E-state index in [1.807, 2.05) is 37.3 Å². The van der Waals surface area contributed by atoms with Crippen molar-refractivity contribution in [2.24, 2.45) is 5.73 Å². The number of nitrogens with one attached hydrogen (secondary N) is 1. The number of rotatable bonds is 4. The van der Waals surface area contributed by atoms with Crippen LogP contribution in [0, 0.1) is 0 Å². The first kappa shape index (κ1) is 14.7. The van der Waals surface area contributed by atoms with Gasteiger partial charge < -0.3 is 15.6 Å². The Morgan fingerprint density at radius 1 is 1.32 bits per heavy atom. The summed E-state index contributed by atoms with van der Waals surface area (Å²) >= 11 is 0. The number of aromatic nitrogens is 2. The average Bonchev–Trinajstić information content (AvgIpc) is 3.18. The lowest BCUT2D eigenvalue weighted by atomic mass is 9.98. The van der Waals surface area contributed by atoms with Crippen molar-refractivity contribution in [3.05, 3.63) is 36.2 Å². The predicted molar refractivity (Wildman–Crippen MR) is 81.7 cm³/mol. The summed E-state index contributed by atoms with van der Waals surface area (Å²) in [5, 5.41) is 6.85. The lowest BCUT2D eigenvalue weighted by molar-refractivity contribution is -0.126. The van der Waals surface area contributed by atoms with Crippen LogP contribution in [0.4, 0.5) is 0 Å². The maximum Gasteiger partial charge on any atom is 0.257 e. The van der Waals surface area contributed by atoms with Crippen molar-refractivity contribution in [2.75, 3.05) is 0 Å². The van der Waals surface area contributed by atoms with Crippen LogP contribution < -0.4 is 11.1 Å². The third kappa shape index (κ3) is 2.87. The highest BCUT2D eigenvalue weighted by Gasteiger charge is 2.37. The number of carbonyl (C=O) groups excluding carboxylic acids is 1. The van der Waals surface area contributed by atoms with E-state index in [1.165, 1.54) is 0 Å². The minimum absolute atomic E-state index is 0.136. The summed E-state index contributed by atoms with van der Waals surface area (Å²) in [4.78, 5) is 16.7. The average molecular weight is 300 g/mol. The zero-order valence-electron chi connectivity index (χ0n) is 12.6. The Balaban J connectivity index is 1.69. The Labute approximate surface area is 129 Å². The van der Waals surface area contributed by atoms with Gasteiger partial charge in [-0.15, -0.1) is 0 Å². The van der Waals surface area contributed by atoms with Crippen LogP contribution in [-0.4, -0.2) is 21.6 Å². The summed E-state index contributed by atoms with van der Waals surface area (Å²) in [5.74, 6) is 0.761. The van der Waals surface area contributed by atoms with Crippen molar-refractivity contribution >= 4 is 5.91 Å². The van der Waals surface area contributed by atoms with Gasteiger partial charge in [-0.2, -0.15) is 4.98 Å². The van der Waals surface area contributed by atoms with Crippen molar-refractivity contribution in [3.63, 3.8) is 0 Å². The molecule has 6 heteroatoms. The molecular weight excluding hydrogens is 280 g/mol. The second-order valence-electron chi connectivity index (χ2n) is 5.88. The van der Waals surface area contributed by atoms with Crippen LogP contribution in [0.2, 0.25) is 0 Å². The molecule has 2 aromatic rings. The number of carbonyl (C=O) groups is 1. The minimum atomic E-state index is -0.750. The Bertz CT molecular complexity index is 647. The normalized spacial score (nSPS) is 18.1. The van der Waals surface area contributed by atoms with E-state index < -0.39 is 5.54 Å². The molecule has 1 aromatic carbocycles. The first-order chi connectivity index (χ1) is 10.6. The zero-order valence-corrected chi connectivity index (χ0v) is 12.6. The first-order valence-corrected chi connectivity index (χ1v) is 7.57. The lowest BCUT2D eigenvalue weighted by Gasteiger charge is -2.23. The second-order valence-corrected chi connectivity index (χ2v) is 5.88. The molecule has 1 saturated carbocycles. The number of hydrogen-bond donors (Lipinski definition) is 2. The van der Waals surface area contributed by atoms with Crippen molar-refractivity contribution in [3.8, 4) is 11.5 Å². The largest absolute Gasteiger partial charge is 0.345 e. The van der Waals surface area contributed by atoms with Crippen molar-refractivity contribution in [2.45, 2.75) is 44.2 Å². The van der Waals surface area contributed by atoms with E-state index in [1.54, 1.807) is 0 Å². The summed E-state index contributed by atoms with van der Waals surface area (Å²) in [7, 11) is 0. The van der Waals surface area contributed by atoms with Crippen LogP contribution in [0.5, 0.6) is 0 Å². The van der Waals surface area contributed by atoms with Crippen molar-refractivity contribution in [1.29, 1.82) is 0 Å². The summed E-state index contributed by atoms with van der Waals surface area (Å²) in [6, 6.07) is 9.19. The van der Waals surface area contributed by atoms with Gasteiger partial charge in [-0.1, -0.05) is 36.2 Å². The highest BCUT2D eigenvalue weighted by atomic mass is 16.5. The summed E-state index contributed by atoms with van der Waals surface area (Å²) < 4.78 is 5.26. The summed E-state index contributed by atoms with van der Waals surface area (Å²) in [6.45, 7) is 1.83. The molecule has 0 radical (unpaired) electrons. The molecule has 0 saturated heterocycles. The molecular formula is C16H20N4O2. The summed E-state index contributed by atoms with van der Waals surface area (Å²) in [6.07, 6.45) is 3.46. The molecule has 1 atom stereocenters. The van der Waals surface area contributed by atoms with Gasteiger partial charge in [-0.25, -0.2) is 0 Å². The molecule has 6 nitrogen and oxygen atoms in total. The van der Waals surface area contributed by atoms with Gasteiger partial charge in [0.15, 0.2) is 5.82 Å². The van der Waals surface area contributed by atoms with Gasteiger partial charge in [0.05, 0.1) is 11.6 Å². The Morgan fingerprint density at radius 3 is 2.68 bits per heavy atom. The van der Waals surface area contributed by atoms with Crippen LogP contribution >= 0.6 is 0 Å². The first-order valence-electron chi connectivity index (χ1n) is 7.57. The molecule has 1 fully saturated rings. The molecule has 22 heavy (non-hydrogen) atoms. The number of nitrogens with zero attached hydrogens (tertiary/aromatic N) is 2. The molecule has 0 bridgehead atoms. The van der Waals surface area contributed by atoms with Gasteiger partial charge in [0.1, 0.15) is 0 Å². The van der Waals surface area contributed by atoms with E-state index in [9.17, 15) is 4.79 Å². The number of amides is 1. The minimum Gasteiger partial charge on any atom is -0.345 e. The SMILES string of the molecule is CC(NC(=O)C1(N)CCCC1)c1noc(-c2ccccc2)n1. The quantitative estimate of drug-likeness (QED) is 0.902. The van der Waals surface area contributed by atoms with Gasteiger partial charge in [-0.05, 0) is 31.9 Å². The molecule has 0 aliphatic heterocycles. The molecule has 1 heterocycles. The summed E-state index contributed by atoms with van der Waals surface area (Å²) in [5.41, 5.74) is 6.25. The lowest BCUT2D eigenvalue weighted by Crippen LogP contribution is -2.52. The van der Waals surface area contributed by atoms with Crippen LogP contribution in [0.25, 0.3) is 11.5 Å². The van der Waals surface area contributed by atoms with E-state index in [4.69, 9.17) is 10.3 Å². The standard InChI is InChI=1S/C16H20N4O2/c1-11(18-15(21)16(17)9-5-6-10-16)13-19-14(22-20-13)12-7-3-2-4-8-12/h2-4,7-8,11H,5-6,9-10,17H2,1H3,(H,18,21). The molecule has 1 aromatic heterocycles. The van der Waals surface area contributed by atoms with Gasteiger partial charge in [0.25, 0.3) is 5.89 Å². The molecule has 1 aliphatic carbocycles. The monoisotopic (exact) mass is 300 g/mol. The molecule has 3 rings (SSSR count). The van der Waals surface area contributed by atoms with E-state index in [2.05, 4.69) is 15.5 Å². The molecule has 3 N–H and O–H groups in total. The fraction of sp³-hybridized carbons (Fsp3) is 0.438. The van der Waals surface area contributed by atoms with Crippen LogP contribution in [0.3, 0.4) is 0 Å². The molecule has 1 aliphatic rings. The number of nitrogens with two attached hydrogens (primary N) is 1. The predicted octanol–water partition coefficient (Wildman–Crippen LogP) is 2.19. The highest BCUT2D eigenvalue weighted by molar-refractivity contribution is 5.86. The van der Waals surface area contributed by atoms with E-state index in [0.29, 0.717) is 11.7 Å². The van der Waals surface area contributed by atoms with Gasteiger partial charge >= 0.3 is 0 Å². The Kier molecular flexibility index (Phi) is 3.94. The fourth-order valence-corrected chi connectivity index (χ4v) is 2.75. The fourth-order valence-electron chi connectivity index (χ4n) is 2.75. The van der Waals surface area contributed by atoms with Gasteiger partial charge in [0.2, 0.25) is 5.91 Å². The van der Waals surface area contributed by atoms with Gasteiger partial charge in [-0.3, -0.25) is 4.79 Å². The third-order valence-electron chi connectivity index (χ3n) is 4.15. The van der Waals surface area contributed by atoms with Gasteiger partial charge in [0, 0.05) is 5.56 Å². The Hall–Kier alpha value is -2.21. The molecule has 0 spiro atoms. The van der Waals surface area contributed by atoms with Crippen LogP contribution in [0.1, 0.15) is 44.5 Å². The van der Waals surface area contributed by atoms with Crippen LogP contribution in [0.15, 0.2) is 34.9 Å². The Morgan fingerprint density at radius 2 is 2.00 bits per heavy atom. The van der Waals surface area contributed by atoms with E-state index >= 15 is 0 Å². The topological polar surface area (TPSA) is 94.0 Å². The zero-order chi connectivity index (χ0) is 15.6. The smallest absolute Gasteiger partial charge is 0.257 e. The molecule has 1 amide bonds.